The molecule has 0 aliphatic heterocycles. The van der Waals surface area contributed by atoms with Crippen molar-refractivity contribution in [3.05, 3.63) is 46.0 Å². The molecule has 0 heterocycles. The standard InChI is InChI=1S/C15H16N2O5/c1-9-2-7-12(15(19)20)13(8-9)14(18)16-10-3-5-11(6-4-10)17(21)22/h2-6,12-13H,7-8H2,1H3,(H,16,18)(H,19,20)/t12-,13+/m1/s1. The van der Waals surface area contributed by atoms with Gasteiger partial charge in [0.25, 0.3) is 5.69 Å². The minimum atomic E-state index is -0.993. The first kappa shape index (κ1) is 15.7. The topological polar surface area (TPSA) is 110 Å². The molecular formula is C15H16N2O5. The number of carbonyl (C=O) groups excluding carboxylic acids is 1. The Labute approximate surface area is 126 Å². The van der Waals surface area contributed by atoms with Crippen molar-refractivity contribution in [2.75, 3.05) is 5.32 Å². The molecule has 22 heavy (non-hydrogen) atoms. The summed E-state index contributed by atoms with van der Waals surface area (Å²) < 4.78 is 0. The largest absolute Gasteiger partial charge is 0.481 e. The third-order valence-electron chi connectivity index (χ3n) is 3.75. The van der Waals surface area contributed by atoms with Gasteiger partial charge in [0.2, 0.25) is 5.91 Å². The van der Waals surface area contributed by atoms with Gasteiger partial charge in [-0.3, -0.25) is 19.7 Å². The van der Waals surface area contributed by atoms with Crippen molar-refractivity contribution < 1.29 is 19.6 Å². The van der Waals surface area contributed by atoms with E-state index in [4.69, 9.17) is 0 Å². The van der Waals surface area contributed by atoms with Crippen LogP contribution in [0.3, 0.4) is 0 Å². The quantitative estimate of drug-likeness (QED) is 0.504. The Kier molecular flexibility index (Phi) is 4.55. The highest BCUT2D eigenvalue weighted by Gasteiger charge is 2.35. The predicted octanol–water partition coefficient (Wildman–Crippen LogP) is 2.59. The zero-order chi connectivity index (χ0) is 16.3. The zero-order valence-electron chi connectivity index (χ0n) is 12.0. The Balaban J connectivity index is 2.11. The van der Waals surface area contributed by atoms with Gasteiger partial charge in [-0.15, -0.1) is 0 Å². The van der Waals surface area contributed by atoms with Gasteiger partial charge in [-0.25, -0.2) is 0 Å². The summed E-state index contributed by atoms with van der Waals surface area (Å²) in [6.07, 6.45) is 2.57. The number of carboxylic acids is 1. The number of hydrogen-bond acceptors (Lipinski definition) is 4. The van der Waals surface area contributed by atoms with Gasteiger partial charge >= 0.3 is 5.97 Å². The van der Waals surface area contributed by atoms with Crippen LogP contribution in [0.2, 0.25) is 0 Å². The minimum Gasteiger partial charge on any atom is -0.481 e. The molecular weight excluding hydrogens is 288 g/mol. The molecule has 0 unspecified atom stereocenters. The average Bonchev–Trinajstić information content (AvgIpc) is 2.47. The molecule has 0 saturated carbocycles. The lowest BCUT2D eigenvalue weighted by molar-refractivity contribution is -0.384. The summed E-state index contributed by atoms with van der Waals surface area (Å²) in [6.45, 7) is 1.87. The first-order chi connectivity index (χ1) is 10.4. The van der Waals surface area contributed by atoms with E-state index in [1.54, 1.807) is 0 Å². The van der Waals surface area contributed by atoms with E-state index in [1.807, 2.05) is 13.0 Å². The third-order valence-corrected chi connectivity index (χ3v) is 3.75. The molecule has 0 aromatic heterocycles. The molecule has 2 atom stereocenters. The number of amides is 1. The van der Waals surface area contributed by atoms with Crippen LogP contribution in [0.25, 0.3) is 0 Å². The van der Waals surface area contributed by atoms with Crippen LogP contribution in [0.15, 0.2) is 35.9 Å². The molecule has 1 amide bonds. The molecule has 0 radical (unpaired) electrons. The van der Waals surface area contributed by atoms with Gasteiger partial charge in [-0.2, -0.15) is 0 Å². The summed E-state index contributed by atoms with van der Waals surface area (Å²) in [5.74, 6) is -2.76. The molecule has 7 nitrogen and oxygen atoms in total. The van der Waals surface area contributed by atoms with E-state index in [0.717, 1.165) is 5.57 Å². The number of nitro groups is 1. The van der Waals surface area contributed by atoms with Crippen molar-refractivity contribution in [2.45, 2.75) is 19.8 Å². The van der Waals surface area contributed by atoms with E-state index in [-0.39, 0.29) is 11.6 Å². The van der Waals surface area contributed by atoms with Crippen molar-refractivity contribution >= 4 is 23.3 Å². The van der Waals surface area contributed by atoms with Gasteiger partial charge in [0.05, 0.1) is 16.8 Å². The van der Waals surface area contributed by atoms with Crippen molar-refractivity contribution in [2.24, 2.45) is 11.8 Å². The number of carboxylic acid groups (broad SMARTS) is 1. The van der Waals surface area contributed by atoms with Crippen LogP contribution in [-0.2, 0) is 9.59 Å². The summed E-state index contributed by atoms with van der Waals surface area (Å²) in [6, 6.07) is 5.43. The van der Waals surface area contributed by atoms with E-state index in [1.165, 1.54) is 24.3 Å². The van der Waals surface area contributed by atoms with Gasteiger partial charge in [0.1, 0.15) is 0 Å². The number of aliphatic carboxylic acids is 1. The highest BCUT2D eigenvalue weighted by Crippen LogP contribution is 2.31. The number of rotatable bonds is 4. The first-order valence-corrected chi connectivity index (χ1v) is 6.82. The van der Waals surface area contributed by atoms with Crippen molar-refractivity contribution in [3.8, 4) is 0 Å². The number of benzene rings is 1. The number of hydrogen-bond donors (Lipinski definition) is 2. The lowest BCUT2D eigenvalue weighted by Gasteiger charge is -2.26. The van der Waals surface area contributed by atoms with Crippen LogP contribution < -0.4 is 5.32 Å². The second kappa shape index (κ2) is 6.38. The number of allylic oxidation sites excluding steroid dienone is 2. The van der Waals surface area contributed by atoms with Gasteiger partial charge in [-0.05, 0) is 31.9 Å². The van der Waals surface area contributed by atoms with E-state index >= 15 is 0 Å². The lowest BCUT2D eigenvalue weighted by atomic mass is 9.79. The summed E-state index contributed by atoms with van der Waals surface area (Å²) in [4.78, 5) is 33.6. The van der Waals surface area contributed by atoms with Crippen molar-refractivity contribution in [1.29, 1.82) is 0 Å². The summed E-state index contributed by atoms with van der Waals surface area (Å²) in [5, 5.41) is 22.4. The molecule has 1 aliphatic carbocycles. The molecule has 7 heteroatoms. The first-order valence-electron chi connectivity index (χ1n) is 6.82. The van der Waals surface area contributed by atoms with E-state index < -0.39 is 22.7 Å². The van der Waals surface area contributed by atoms with Crippen molar-refractivity contribution in [1.82, 2.24) is 0 Å². The maximum absolute atomic E-state index is 12.3. The molecule has 0 bridgehead atoms. The number of carbonyl (C=O) groups is 2. The predicted molar refractivity (Wildman–Crippen MR) is 79.3 cm³/mol. The number of nitro benzene ring substituents is 1. The highest BCUT2D eigenvalue weighted by molar-refractivity contribution is 5.95. The highest BCUT2D eigenvalue weighted by atomic mass is 16.6. The molecule has 0 fully saturated rings. The summed E-state index contributed by atoms with van der Waals surface area (Å²) >= 11 is 0. The SMILES string of the molecule is CC1=CC[C@@H](C(=O)O)[C@@H](C(=O)Nc2ccc([N+](=O)[O-])cc2)C1. The zero-order valence-corrected chi connectivity index (χ0v) is 12.0. The van der Waals surface area contributed by atoms with E-state index in [0.29, 0.717) is 18.5 Å². The molecule has 116 valence electrons. The Morgan fingerprint density at radius 2 is 1.91 bits per heavy atom. The van der Waals surface area contributed by atoms with Crippen molar-refractivity contribution in [3.63, 3.8) is 0 Å². The minimum absolute atomic E-state index is 0.0714. The van der Waals surface area contributed by atoms with Crippen LogP contribution in [0.1, 0.15) is 19.8 Å². The van der Waals surface area contributed by atoms with Crippen LogP contribution in [0, 0.1) is 22.0 Å². The molecule has 1 aromatic rings. The van der Waals surface area contributed by atoms with Gasteiger partial charge in [-0.1, -0.05) is 11.6 Å². The average molecular weight is 304 g/mol. The molecule has 0 spiro atoms. The smallest absolute Gasteiger partial charge is 0.307 e. The fourth-order valence-corrected chi connectivity index (χ4v) is 2.51. The maximum atomic E-state index is 12.3. The fourth-order valence-electron chi connectivity index (χ4n) is 2.51. The molecule has 0 saturated heterocycles. The monoisotopic (exact) mass is 304 g/mol. The van der Waals surface area contributed by atoms with Gasteiger partial charge < -0.3 is 10.4 Å². The number of anilines is 1. The van der Waals surface area contributed by atoms with Crippen LogP contribution in [0.4, 0.5) is 11.4 Å². The Morgan fingerprint density at radius 3 is 2.45 bits per heavy atom. The van der Waals surface area contributed by atoms with Crippen LogP contribution >= 0.6 is 0 Å². The Hall–Kier alpha value is -2.70. The normalized spacial score (nSPS) is 20.9. The Morgan fingerprint density at radius 1 is 1.27 bits per heavy atom. The van der Waals surface area contributed by atoms with Gasteiger partial charge in [0.15, 0.2) is 0 Å². The second-order valence-corrected chi connectivity index (χ2v) is 5.33. The molecule has 2 N–H and O–H groups in total. The van der Waals surface area contributed by atoms with E-state index in [9.17, 15) is 24.8 Å². The molecule has 1 aliphatic rings. The van der Waals surface area contributed by atoms with Gasteiger partial charge in [0, 0.05) is 17.8 Å². The second-order valence-electron chi connectivity index (χ2n) is 5.33. The van der Waals surface area contributed by atoms with Crippen LogP contribution in [0.5, 0.6) is 0 Å². The summed E-state index contributed by atoms with van der Waals surface area (Å²) in [5.41, 5.74) is 1.33. The number of nitrogens with zero attached hydrogens (tertiary/aromatic N) is 1. The molecule has 1 aromatic carbocycles. The molecule has 2 rings (SSSR count). The fraction of sp³-hybridized carbons (Fsp3) is 0.333. The summed E-state index contributed by atoms with van der Waals surface area (Å²) in [7, 11) is 0. The number of non-ortho nitro benzene ring substituents is 1. The van der Waals surface area contributed by atoms with E-state index in [2.05, 4.69) is 5.32 Å². The lowest BCUT2D eigenvalue weighted by Crippen LogP contribution is -2.35. The number of nitrogens with one attached hydrogen (secondary N) is 1. The Bertz CT molecular complexity index is 636. The maximum Gasteiger partial charge on any atom is 0.307 e. The van der Waals surface area contributed by atoms with Crippen LogP contribution in [-0.4, -0.2) is 21.9 Å². The third kappa shape index (κ3) is 3.49.